The van der Waals surface area contributed by atoms with Crippen molar-refractivity contribution in [1.82, 2.24) is 0 Å². The van der Waals surface area contributed by atoms with Crippen LogP contribution < -0.4 is 9.64 Å². The molecule has 98 valence electrons. The SMILES string of the molecule is O=C(O)C1CCCN1c1ccccc1OC(F)F. The Bertz CT molecular complexity index is 439. The van der Waals surface area contributed by atoms with E-state index in [0.717, 1.165) is 6.42 Å². The van der Waals surface area contributed by atoms with E-state index >= 15 is 0 Å². The van der Waals surface area contributed by atoms with E-state index in [-0.39, 0.29) is 5.75 Å². The van der Waals surface area contributed by atoms with Gasteiger partial charge in [0.1, 0.15) is 11.8 Å². The molecular weight excluding hydrogens is 244 g/mol. The average Bonchev–Trinajstić information content (AvgIpc) is 2.77. The maximum absolute atomic E-state index is 12.3. The fraction of sp³-hybridized carbons (Fsp3) is 0.417. The van der Waals surface area contributed by atoms with E-state index in [1.807, 2.05) is 0 Å². The van der Waals surface area contributed by atoms with Gasteiger partial charge in [0.15, 0.2) is 0 Å². The number of aliphatic carboxylic acids is 1. The van der Waals surface area contributed by atoms with Crippen molar-refractivity contribution in [2.75, 3.05) is 11.4 Å². The lowest BCUT2D eigenvalue weighted by molar-refractivity contribution is -0.138. The predicted octanol–water partition coefficient (Wildman–Crippen LogP) is 2.34. The number of halogens is 2. The first-order valence-corrected chi connectivity index (χ1v) is 5.63. The number of anilines is 1. The van der Waals surface area contributed by atoms with Gasteiger partial charge in [0.25, 0.3) is 0 Å². The van der Waals surface area contributed by atoms with Crippen molar-refractivity contribution in [3.8, 4) is 5.75 Å². The van der Waals surface area contributed by atoms with E-state index in [2.05, 4.69) is 4.74 Å². The Morgan fingerprint density at radius 3 is 2.83 bits per heavy atom. The molecule has 0 saturated carbocycles. The molecule has 1 saturated heterocycles. The molecular formula is C12H13F2NO3. The van der Waals surface area contributed by atoms with Crippen molar-refractivity contribution in [3.63, 3.8) is 0 Å². The van der Waals surface area contributed by atoms with Crippen molar-refractivity contribution in [3.05, 3.63) is 24.3 Å². The summed E-state index contributed by atoms with van der Waals surface area (Å²) >= 11 is 0. The van der Waals surface area contributed by atoms with Gasteiger partial charge >= 0.3 is 12.6 Å². The maximum Gasteiger partial charge on any atom is 0.387 e. The van der Waals surface area contributed by atoms with Gasteiger partial charge in [-0.1, -0.05) is 12.1 Å². The van der Waals surface area contributed by atoms with Crippen LogP contribution in [0.3, 0.4) is 0 Å². The van der Waals surface area contributed by atoms with E-state index in [0.29, 0.717) is 18.7 Å². The summed E-state index contributed by atoms with van der Waals surface area (Å²) in [6.07, 6.45) is 1.23. The first-order chi connectivity index (χ1) is 8.59. The predicted molar refractivity (Wildman–Crippen MR) is 61.1 cm³/mol. The zero-order valence-electron chi connectivity index (χ0n) is 9.55. The molecule has 0 radical (unpaired) electrons. The molecule has 1 aliphatic rings. The highest BCUT2D eigenvalue weighted by Crippen LogP contribution is 2.34. The maximum atomic E-state index is 12.3. The average molecular weight is 257 g/mol. The van der Waals surface area contributed by atoms with Crippen LogP contribution in [0, 0.1) is 0 Å². The van der Waals surface area contributed by atoms with E-state index in [4.69, 9.17) is 5.11 Å². The van der Waals surface area contributed by atoms with Crippen LogP contribution in [0.15, 0.2) is 24.3 Å². The Morgan fingerprint density at radius 2 is 2.17 bits per heavy atom. The van der Waals surface area contributed by atoms with Crippen molar-refractivity contribution in [2.45, 2.75) is 25.5 Å². The lowest BCUT2D eigenvalue weighted by Gasteiger charge is -2.25. The van der Waals surface area contributed by atoms with Crippen molar-refractivity contribution in [2.24, 2.45) is 0 Å². The number of carboxylic acid groups (broad SMARTS) is 1. The minimum absolute atomic E-state index is 0.0145. The molecule has 18 heavy (non-hydrogen) atoms. The van der Waals surface area contributed by atoms with Crippen molar-refractivity contribution < 1.29 is 23.4 Å². The van der Waals surface area contributed by atoms with Crippen LogP contribution in [0.5, 0.6) is 5.75 Å². The third-order valence-corrected chi connectivity index (χ3v) is 2.93. The second-order valence-electron chi connectivity index (χ2n) is 4.04. The number of benzene rings is 1. The summed E-state index contributed by atoms with van der Waals surface area (Å²) in [5, 5.41) is 9.09. The van der Waals surface area contributed by atoms with Crippen LogP contribution in [-0.4, -0.2) is 30.3 Å². The topological polar surface area (TPSA) is 49.8 Å². The van der Waals surface area contributed by atoms with Gasteiger partial charge in [0, 0.05) is 6.54 Å². The summed E-state index contributed by atoms with van der Waals surface area (Å²) in [6, 6.07) is 5.59. The number of carbonyl (C=O) groups is 1. The number of hydrogen-bond donors (Lipinski definition) is 1. The second kappa shape index (κ2) is 5.20. The Morgan fingerprint density at radius 1 is 1.44 bits per heavy atom. The van der Waals surface area contributed by atoms with Gasteiger partial charge in [-0.3, -0.25) is 0 Å². The first-order valence-electron chi connectivity index (χ1n) is 5.63. The van der Waals surface area contributed by atoms with Crippen LogP contribution in [0.25, 0.3) is 0 Å². The molecule has 0 amide bonds. The van der Waals surface area contributed by atoms with Crippen molar-refractivity contribution >= 4 is 11.7 Å². The van der Waals surface area contributed by atoms with Gasteiger partial charge in [-0.15, -0.1) is 0 Å². The molecule has 0 bridgehead atoms. The molecule has 6 heteroatoms. The molecule has 1 atom stereocenters. The number of nitrogens with zero attached hydrogens (tertiary/aromatic N) is 1. The normalized spacial score (nSPS) is 19.3. The fourth-order valence-corrected chi connectivity index (χ4v) is 2.20. The smallest absolute Gasteiger partial charge is 0.387 e. The Balaban J connectivity index is 2.29. The van der Waals surface area contributed by atoms with Crippen LogP contribution in [0.4, 0.5) is 14.5 Å². The summed E-state index contributed by atoms with van der Waals surface area (Å²) in [7, 11) is 0. The summed E-state index contributed by atoms with van der Waals surface area (Å²) in [5.41, 5.74) is 0.405. The molecule has 0 aliphatic carbocycles. The Kier molecular flexibility index (Phi) is 3.64. The van der Waals surface area contributed by atoms with Gasteiger partial charge < -0.3 is 14.7 Å². The molecule has 1 aliphatic heterocycles. The number of ether oxygens (including phenoxy) is 1. The molecule has 1 aromatic carbocycles. The monoisotopic (exact) mass is 257 g/mol. The summed E-state index contributed by atoms with van der Waals surface area (Å²) in [6.45, 7) is -2.39. The van der Waals surface area contributed by atoms with Crippen LogP contribution in [-0.2, 0) is 4.79 Å². The zero-order chi connectivity index (χ0) is 13.1. The Labute approximate surface area is 103 Å². The fourth-order valence-electron chi connectivity index (χ4n) is 2.20. The van der Waals surface area contributed by atoms with Crippen LogP contribution >= 0.6 is 0 Å². The highest BCUT2D eigenvalue weighted by atomic mass is 19.3. The van der Waals surface area contributed by atoms with Gasteiger partial charge in [0.05, 0.1) is 5.69 Å². The molecule has 1 unspecified atom stereocenters. The number of para-hydroxylation sites is 2. The highest BCUT2D eigenvalue weighted by Gasteiger charge is 2.32. The first kappa shape index (κ1) is 12.6. The quantitative estimate of drug-likeness (QED) is 0.899. The lowest BCUT2D eigenvalue weighted by Crippen LogP contribution is -2.36. The van der Waals surface area contributed by atoms with E-state index in [1.54, 1.807) is 23.1 Å². The standard InChI is InChI=1S/C12H13F2NO3/c13-12(14)18-10-6-2-1-4-8(10)15-7-3-5-9(15)11(16)17/h1-2,4,6,9,12H,3,5,7H2,(H,16,17). The van der Waals surface area contributed by atoms with E-state index < -0.39 is 18.6 Å². The second-order valence-corrected chi connectivity index (χ2v) is 4.04. The van der Waals surface area contributed by atoms with Gasteiger partial charge in [-0.25, -0.2) is 4.79 Å². The molecule has 0 spiro atoms. The summed E-state index contributed by atoms with van der Waals surface area (Å²) in [4.78, 5) is 12.7. The van der Waals surface area contributed by atoms with Crippen molar-refractivity contribution in [1.29, 1.82) is 0 Å². The minimum Gasteiger partial charge on any atom is -0.480 e. The number of carboxylic acids is 1. The molecule has 1 heterocycles. The molecule has 4 nitrogen and oxygen atoms in total. The molecule has 0 aromatic heterocycles. The van der Waals surface area contributed by atoms with E-state index in [1.165, 1.54) is 6.07 Å². The van der Waals surface area contributed by atoms with Crippen LogP contribution in [0.2, 0.25) is 0 Å². The third kappa shape index (κ3) is 2.52. The van der Waals surface area contributed by atoms with Gasteiger partial charge in [-0.2, -0.15) is 8.78 Å². The number of rotatable bonds is 4. The number of hydrogen-bond acceptors (Lipinski definition) is 3. The summed E-state index contributed by atoms with van der Waals surface area (Å²) < 4.78 is 29.0. The third-order valence-electron chi connectivity index (χ3n) is 2.93. The number of alkyl halides is 2. The Hall–Kier alpha value is -1.85. The highest BCUT2D eigenvalue weighted by molar-refractivity contribution is 5.80. The molecule has 1 N–H and O–H groups in total. The molecule has 2 rings (SSSR count). The minimum atomic E-state index is -2.92. The van der Waals surface area contributed by atoms with Crippen LogP contribution in [0.1, 0.15) is 12.8 Å². The zero-order valence-corrected chi connectivity index (χ0v) is 9.55. The molecule has 1 aromatic rings. The molecule has 1 fully saturated rings. The summed E-state index contributed by atoms with van der Waals surface area (Å²) in [5.74, 6) is -0.931. The van der Waals surface area contributed by atoms with E-state index in [9.17, 15) is 13.6 Å². The van der Waals surface area contributed by atoms with Gasteiger partial charge in [-0.05, 0) is 25.0 Å². The largest absolute Gasteiger partial charge is 0.480 e. The van der Waals surface area contributed by atoms with Gasteiger partial charge in [0.2, 0.25) is 0 Å². The lowest BCUT2D eigenvalue weighted by atomic mass is 10.2.